The summed E-state index contributed by atoms with van der Waals surface area (Å²) in [5, 5.41) is 6.91. The van der Waals surface area contributed by atoms with Crippen LogP contribution in [0.5, 0.6) is 0 Å². The third kappa shape index (κ3) is 2.96. The largest absolute Gasteiger partial charge is 0.381 e. The smallest absolute Gasteiger partial charge is 0.0398 e. The van der Waals surface area contributed by atoms with Gasteiger partial charge in [0.05, 0.1) is 0 Å². The molecule has 0 aromatic heterocycles. The molecule has 2 nitrogen and oxygen atoms in total. The fourth-order valence-electron chi connectivity index (χ4n) is 2.07. The monoisotopic (exact) mass is 204 g/mol. The molecule has 0 bridgehead atoms. The average Bonchev–Trinajstić information content (AvgIpc) is 2.74. The molecule has 0 aliphatic carbocycles. The van der Waals surface area contributed by atoms with Crippen molar-refractivity contribution in [2.45, 2.75) is 32.2 Å². The summed E-state index contributed by atoms with van der Waals surface area (Å²) in [6.07, 6.45) is 3.64. The van der Waals surface area contributed by atoms with Crippen molar-refractivity contribution in [3.63, 3.8) is 0 Å². The van der Waals surface area contributed by atoms with E-state index in [0.717, 1.165) is 13.1 Å². The molecule has 1 aromatic carbocycles. The lowest BCUT2D eigenvalue weighted by Crippen LogP contribution is -2.21. The topological polar surface area (TPSA) is 24.1 Å². The standard InChI is InChI=1S/C13H20N2/c1-2-3-11-4-6-12(7-5-11)15-13-8-9-14-10-13/h4-7,13-15H,2-3,8-10H2,1H3. The van der Waals surface area contributed by atoms with Crippen LogP contribution >= 0.6 is 0 Å². The van der Waals surface area contributed by atoms with Crippen LogP contribution in [0.4, 0.5) is 5.69 Å². The van der Waals surface area contributed by atoms with Crippen molar-refractivity contribution in [1.82, 2.24) is 5.32 Å². The molecule has 2 N–H and O–H groups in total. The van der Waals surface area contributed by atoms with Crippen LogP contribution in [-0.4, -0.2) is 19.1 Å². The van der Waals surface area contributed by atoms with Crippen LogP contribution in [0.15, 0.2) is 24.3 Å². The molecule has 0 radical (unpaired) electrons. The number of rotatable bonds is 4. The molecule has 0 amide bonds. The van der Waals surface area contributed by atoms with Crippen molar-refractivity contribution >= 4 is 5.69 Å². The van der Waals surface area contributed by atoms with E-state index in [-0.39, 0.29) is 0 Å². The van der Waals surface area contributed by atoms with E-state index in [2.05, 4.69) is 41.8 Å². The fraction of sp³-hybridized carbons (Fsp3) is 0.538. The maximum Gasteiger partial charge on any atom is 0.0398 e. The number of hydrogen-bond acceptors (Lipinski definition) is 2. The number of nitrogens with one attached hydrogen (secondary N) is 2. The fourth-order valence-corrected chi connectivity index (χ4v) is 2.07. The van der Waals surface area contributed by atoms with Crippen LogP contribution in [0.2, 0.25) is 0 Å². The van der Waals surface area contributed by atoms with E-state index in [0.29, 0.717) is 6.04 Å². The van der Waals surface area contributed by atoms with Gasteiger partial charge < -0.3 is 10.6 Å². The van der Waals surface area contributed by atoms with Gasteiger partial charge >= 0.3 is 0 Å². The summed E-state index contributed by atoms with van der Waals surface area (Å²) < 4.78 is 0. The molecule has 1 aromatic rings. The second-order valence-electron chi connectivity index (χ2n) is 4.28. The molecule has 0 spiro atoms. The van der Waals surface area contributed by atoms with E-state index in [9.17, 15) is 0 Å². The van der Waals surface area contributed by atoms with E-state index in [1.54, 1.807) is 0 Å². The maximum atomic E-state index is 3.55. The van der Waals surface area contributed by atoms with E-state index >= 15 is 0 Å². The van der Waals surface area contributed by atoms with Gasteiger partial charge in [0.25, 0.3) is 0 Å². The Kier molecular flexibility index (Phi) is 3.62. The second kappa shape index (κ2) is 5.17. The first-order chi connectivity index (χ1) is 7.38. The number of benzene rings is 1. The Morgan fingerprint density at radius 2 is 2.13 bits per heavy atom. The van der Waals surface area contributed by atoms with Crippen molar-refractivity contribution in [1.29, 1.82) is 0 Å². The first-order valence-corrected chi connectivity index (χ1v) is 5.94. The number of hydrogen-bond donors (Lipinski definition) is 2. The molecular formula is C13H20N2. The molecule has 2 heteroatoms. The molecule has 1 fully saturated rings. The summed E-state index contributed by atoms with van der Waals surface area (Å²) in [5.41, 5.74) is 2.69. The van der Waals surface area contributed by atoms with E-state index < -0.39 is 0 Å². The lowest BCUT2D eigenvalue weighted by atomic mass is 10.1. The van der Waals surface area contributed by atoms with Crippen LogP contribution in [0, 0.1) is 0 Å². The van der Waals surface area contributed by atoms with Crippen LogP contribution in [0.3, 0.4) is 0 Å². The predicted octanol–water partition coefficient (Wildman–Crippen LogP) is 2.41. The van der Waals surface area contributed by atoms with Crippen LogP contribution in [0.25, 0.3) is 0 Å². The summed E-state index contributed by atoms with van der Waals surface area (Å²) in [4.78, 5) is 0. The quantitative estimate of drug-likeness (QED) is 0.787. The molecule has 0 saturated carbocycles. The van der Waals surface area contributed by atoms with E-state index in [4.69, 9.17) is 0 Å². The predicted molar refractivity (Wildman–Crippen MR) is 65.3 cm³/mol. The molecule has 1 aliphatic heterocycles. The lowest BCUT2D eigenvalue weighted by molar-refractivity contribution is 0.793. The molecule has 1 saturated heterocycles. The van der Waals surface area contributed by atoms with Gasteiger partial charge in [0.1, 0.15) is 0 Å². The zero-order valence-corrected chi connectivity index (χ0v) is 9.42. The van der Waals surface area contributed by atoms with Gasteiger partial charge in [-0.3, -0.25) is 0 Å². The summed E-state index contributed by atoms with van der Waals surface area (Å²) in [6.45, 7) is 4.46. The maximum absolute atomic E-state index is 3.55. The Labute approximate surface area is 92.1 Å². The van der Waals surface area contributed by atoms with Gasteiger partial charge in [-0.15, -0.1) is 0 Å². The van der Waals surface area contributed by atoms with Crippen LogP contribution < -0.4 is 10.6 Å². The van der Waals surface area contributed by atoms with Gasteiger partial charge in [-0.25, -0.2) is 0 Å². The van der Waals surface area contributed by atoms with Crippen LogP contribution in [0.1, 0.15) is 25.3 Å². The molecule has 2 rings (SSSR count). The van der Waals surface area contributed by atoms with Gasteiger partial charge in [0.15, 0.2) is 0 Å². The van der Waals surface area contributed by atoms with Crippen molar-refractivity contribution in [3.05, 3.63) is 29.8 Å². The Morgan fingerprint density at radius 1 is 1.33 bits per heavy atom. The van der Waals surface area contributed by atoms with Crippen LogP contribution in [-0.2, 0) is 6.42 Å². The summed E-state index contributed by atoms with van der Waals surface area (Å²) in [7, 11) is 0. The average molecular weight is 204 g/mol. The first kappa shape index (κ1) is 10.5. The highest BCUT2D eigenvalue weighted by Crippen LogP contribution is 2.13. The third-order valence-electron chi connectivity index (χ3n) is 2.92. The van der Waals surface area contributed by atoms with Gasteiger partial charge in [0.2, 0.25) is 0 Å². The molecular weight excluding hydrogens is 184 g/mol. The molecule has 1 unspecified atom stereocenters. The van der Waals surface area contributed by atoms with Crippen molar-refractivity contribution in [2.75, 3.05) is 18.4 Å². The van der Waals surface area contributed by atoms with Gasteiger partial charge in [-0.2, -0.15) is 0 Å². The Hall–Kier alpha value is -1.02. The number of anilines is 1. The van der Waals surface area contributed by atoms with E-state index in [1.165, 1.54) is 30.5 Å². The minimum atomic E-state index is 0.613. The molecule has 1 atom stereocenters. The van der Waals surface area contributed by atoms with Gasteiger partial charge in [0, 0.05) is 18.3 Å². The third-order valence-corrected chi connectivity index (χ3v) is 2.92. The van der Waals surface area contributed by atoms with Gasteiger partial charge in [-0.05, 0) is 37.1 Å². The van der Waals surface area contributed by atoms with Crippen molar-refractivity contribution in [3.8, 4) is 0 Å². The molecule has 1 aliphatic rings. The zero-order chi connectivity index (χ0) is 10.5. The Bertz CT molecular complexity index is 286. The Balaban J connectivity index is 1.91. The molecule has 82 valence electrons. The minimum absolute atomic E-state index is 0.613. The van der Waals surface area contributed by atoms with Crippen molar-refractivity contribution in [2.24, 2.45) is 0 Å². The highest BCUT2D eigenvalue weighted by molar-refractivity contribution is 5.45. The lowest BCUT2D eigenvalue weighted by Gasteiger charge is -2.13. The SMILES string of the molecule is CCCc1ccc(NC2CCNC2)cc1. The highest BCUT2D eigenvalue weighted by Gasteiger charge is 2.13. The molecule has 15 heavy (non-hydrogen) atoms. The summed E-state index contributed by atoms with van der Waals surface area (Å²) in [6, 6.07) is 9.47. The minimum Gasteiger partial charge on any atom is -0.381 e. The Morgan fingerprint density at radius 3 is 2.73 bits per heavy atom. The van der Waals surface area contributed by atoms with Crippen molar-refractivity contribution < 1.29 is 0 Å². The first-order valence-electron chi connectivity index (χ1n) is 5.94. The van der Waals surface area contributed by atoms with E-state index in [1.807, 2.05) is 0 Å². The zero-order valence-electron chi connectivity index (χ0n) is 9.42. The highest BCUT2D eigenvalue weighted by atomic mass is 15.0. The molecule has 1 heterocycles. The number of aryl methyl sites for hydroxylation is 1. The van der Waals surface area contributed by atoms with Gasteiger partial charge in [-0.1, -0.05) is 25.5 Å². The summed E-state index contributed by atoms with van der Waals surface area (Å²) in [5.74, 6) is 0. The second-order valence-corrected chi connectivity index (χ2v) is 4.28. The summed E-state index contributed by atoms with van der Waals surface area (Å²) >= 11 is 0. The normalized spacial score (nSPS) is 20.5.